The number of halogens is 1. The maximum atomic E-state index is 11.8. The van der Waals surface area contributed by atoms with E-state index in [1.807, 2.05) is 12.1 Å². The highest BCUT2D eigenvalue weighted by Gasteiger charge is 2.60. The molecule has 1 aromatic rings. The summed E-state index contributed by atoms with van der Waals surface area (Å²) in [5.74, 6) is 0.319. The molecular weight excluding hydrogens is 300 g/mol. The van der Waals surface area contributed by atoms with E-state index in [2.05, 4.69) is 26.5 Å². The van der Waals surface area contributed by atoms with E-state index in [0.29, 0.717) is 5.41 Å². The molecule has 3 nitrogen and oxygen atoms in total. The molecule has 3 rings (SSSR count). The van der Waals surface area contributed by atoms with Crippen LogP contribution in [0.15, 0.2) is 21.0 Å². The van der Waals surface area contributed by atoms with Crippen LogP contribution in [0, 0.1) is 11.3 Å². The summed E-state index contributed by atoms with van der Waals surface area (Å²) in [6, 6.07) is 3.94. The highest BCUT2D eigenvalue weighted by atomic mass is 79.9. The Hall–Kier alpha value is -0.680. The summed E-state index contributed by atoms with van der Waals surface area (Å²) in [4.78, 5) is 12.8. The molecule has 17 heavy (non-hydrogen) atoms. The molecule has 1 heterocycles. The zero-order valence-corrected chi connectivity index (χ0v) is 11.7. The van der Waals surface area contributed by atoms with Crippen molar-refractivity contribution in [2.75, 3.05) is 0 Å². The molecule has 0 saturated heterocycles. The summed E-state index contributed by atoms with van der Waals surface area (Å²) in [5.41, 5.74) is 3.03. The van der Waals surface area contributed by atoms with Gasteiger partial charge in [0.1, 0.15) is 0 Å². The average Bonchev–Trinajstić information content (AvgIpc) is 2.91. The normalized spacial score (nSPS) is 24.9. The Balaban J connectivity index is 1.51. The van der Waals surface area contributed by atoms with Crippen LogP contribution in [0.2, 0.25) is 0 Å². The lowest BCUT2D eigenvalue weighted by Gasteiger charge is -2.25. The molecule has 2 fully saturated rings. The van der Waals surface area contributed by atoms with E-state index in [1.165, 1.54) is 19.3 Å². The maximum Gasteiger partial charge on any atom is 0.243 e. The lowest BCUT2D eigenvalue weighted by Crippen LogP contribution is -2.26. The first kappa shape index (κ1) is 11.4. The topological polar surface area (TPSA) is 41.5 Å². The van der Waals surface area contributed by atoms with Crippen molar-refractivity contribution in [3.63, 3.8) is 0 Å². The van der Waals surface area contributed by atoms with E-state index in [4.69, 9.17) is 0 Å². The average molecular weight is 313 g/mol. The molecule has 1 spiro atoms. The molecular formula is C12H13BrN2OS. The van der Waals surface area contributed by atoms with E-state index in [0.717, 1.165) is 15.1 Å². The number of hydrogen-bond donors (Lipinski definition) is 1. The number of carbonyl (C=O) groups excluding carboxylic acids is 1. The molecule has 2 saturated carbocycles. The zero-order valence-electron chi connectivity index (χ0n) is 9.28. The van der Waals surface area contributed by atoms with Crippen LogP contribution in [0.4, 0.5) is 0 Å². The number of thiophene rings is 1. The Kier molecular flexibility index (Phi) is 2.83. The van der Waals surface area contributed by atoms with Gasteiger partial charge in [0, 0.05) is 10.8 Å². The largest absolute Gasteiger partial charge is 0.273 e. The van der Waals surface area contributed by atoms with Gasteiger partial charge < -0.3 is 0 Å². The Bertz CT molecular complexity index is 479. The van der Waals surface area contributed by atoms with Gasteiger partial charge in [-0.2, -0.15) is 5.10 Å². The number of nitrogens with zero attached hydrogens (tertiary/aromatic N) is 1. The van der Waals surface area contributed by atoms with E-state index >= 15 is 0 Å². The fourth-order valence-electron chi connectivity index (χ4n) is 2.54. The molecule has 1 amide bonds. The maximum absolute atomic E-state index is 11.8. The highest BCUT2D eigenvalue weighted by Crippen LogP contribution is 2.65. The lowest BCUT2D eigenvalue weighted by molar-refractivity contribution is -0.123. The van der Waals surface area contributed by atoms with Gasteiger partial charge in [-0.05, 0) is 52.7 Å². The highest BCUT2D eigenvalue weighted by molar-refractivity contribution is 9.11. The second-order valence-corrected chi connectivity index (χ2v) is 7.34. The predicted molar refractivity (Wildman–Crippen MR) is 72.1 cm³/mol. The summed E-state index contributed by atoms with van der Waals surface area (Å²) in [6.45, 7) is 0. The van der Waals surface area contributed by atoms with Gasteiger partial charge in [-0.15, -0.1) is 11.3 Å². The second kappa shape index (κ2) is 4.21. The van der Waals surface area contributed by atoms with Gasteiger partial charge in [0.15, 0.2) is 0 Å². The number of carbonyl (C=O) groups is 1. The van der Waals surface area contributed by atoms with E-state index < -0.39 is 0 Å². The molecule has 1 N–H and O–H groups in total. The molecule has 5 heteroatoms. The molecule has 90 valence electrons. The first-order valence-corrected chi connectivity index (χ1v) is 7.39. The van der Waals surface area contributed by atoms with Crippen LogP contribution in [-0.4, -0.2) is 12.1 Å². The van der Waals surface area contributed by atoms with Crippen molar-refractivity contribution in [2.24, 2.45) is 16.4 Å². The van der Waals surface area contributed by atoms with Gasteiger partial charge in [0.2, 0.25) is 5.91 Å². The third-order valence-corrected chi connectivity index (χ3v) is 5.37. The number of rotatable bonds is 3. The third kappa shape index (κ3) is 2.18. The molecule has 0 aliphatic heterocycles. The van der Waals surface area contributed by atoms with Crippen LogP contribution < -0.4 is 5.43 Å². The van der Waals surface area contributed by atoms with E-state index in [-0.39, 0.29) is 11.8 Å². The van der Waals surface area contributed by atoms with Gasteiger partial charge in [-0.25, -0.2) is 5.43 Å². The van der Waals surface area contributed by atoms with Gasteiger partial charge in [0.25, 0.3) is 0 Å². The van der Waals surface area contributed by atoms with Crippen LogP contribution >= 0.6 is 27.3 Å². The van der Waals surface area contributed by atoms with Crippen LogP contribution in [0.1, 0.15) is 30.6 Å². The van der Waals surface area contributed by atoms with Crippen molar-refractivity contribution < 1.29 is 4.79 Å². The van der Waals surface area contributed by atoms with Crippen molar-refractivity contribution in [1.29, 1.82) is 0 Å². The molecule has 0 radical (unpaired) electrons. The summed E-state index contributed by atoms with van der Waals surface area (Å²) < 4.78 is 1.07. The van der Waals surface area contributed by atoms with Crippen molar-refractivity contribution in [3.05, 3.63) is 20.8 Å². The van der Waals surface area contributed by atoms with Crippen LogP contribution in [0.3, 0.4) is 0 Å². The van der Waals surface area contributed by atoms with Crippen LogP contribution in [0.25, 0.3) is 0 Å². The minimum absolute atomic E-state index is 0.0940. The standard InChI is InChI=1S/C12H13BrN2OS/c13-10-3-2-8(17-10)7-14-15-11(16)9-6-12(9)4-1-5-12/h2-3,7,9H,1,4-6H2,(H,15,16). The monoisotopic (exact) mass is 312 g/mol. The molecule has 0 bridgehead atoms. The summed E-state index contributed by atoms with van der Waals surface area (Å²) >= 11 is 4.98. The summed E-state index contributed by atoms with van der Waals surface area (Å²) in [5, 5.41) is 4.01. The van der Waals surface area contributed by atoms with Crippen LogP contribution in [0.5, 0.6) is 0 Å². The number of amides is 1. The van der Waals surface area contributed by atoms with Gasteiger partial charge >= 0.3 is 0 Å². The van der Waals surface area contributed by atoms with Gasteiger partial charge in [-0.1, -0.05) is 6.42 Å². The minimum Gasteiger partial charge on any atom is -0.273 e. The molecule has 2 aliphatic carbocycles. The fourth-order valence-corrected chi connectivity index (χ4v) is 3.83. The summed E-state index contributed by atoms with van der Waals surface area (Å²) in [7, 11) is 0. The number of hydrogen-bond acceptors (Lipinski definition) is 3. The molecule has 2 aliphatic rings. The second-order valence-electron chi connectivity index (χ2n) is 4.85. The lowest BCUT2D eigenvalue weighted by atomic mass is 9.80. The number of nitrogens with one attached hydrogen (secondary N) is 1. The van der Waals surface area contributed by atoms with Crippen molar-refractivity contribution >= 4 is 39.4 Å². The Labute approximate surface area is 112 Å². The van der Waals surface area contributed by atoms with Crippen molar-refractivity contribution in [2.45, 2.75) is 25.7 Å². The first-order chi connectivity index (χ1) is 8.20. The Morgan fingerprint density at radius 1 is 1.59 bits per heavy atom. The van der Waals surface area contributed by atoms with Crippen LogP contribution in [-0.2, 0) is 4.79 Å². The number of hydrazone groups is 1. The van der Waals surface area contributed by atoms with Crippen molar-refractivity contribution in [1.82, 2.24) is 5.43 Å². The summed E-state index contributed by atoms with van der Waals surface area (Å²) in [6.07, 6.45) is 6.51. The molecule has 1 aromatic heterocycles. The fraction of sp³-hybridized carbons (Fsp3) is 0.500. The Morgan fingerprint density at radius 2 is 2.41 bits per heavy atom. The van der Waals surface area contributed by atoms with Crippen molar-refractivity contribution in [3.8, 4) is 0 Å². The predicted octanol–water partition coefficient (Wildman–Crippen LogP) is 3.15. The third-order valence-electron chi connectivity index (χ3n) is 3.82. The van der Waals surface area contributed by atoms with E-state index in [9.17, 15) is 4.79 Å². The molecule has 0 aromatic carbocycles. The SMILES string of the molecule is O=C(NN=Cc1ccc(Br)s1)C1CC12CCC2. The van der Waals surface area contributed by atoms with Gasteiger partial charge in [-0.3, -0.25) is 4.79 Å². The molecule has 1 unspecified atom stereocenters. The quantitative estimate of drug-likeness (QED) is 0.676. The minimum atomic E-state index is 0.0940. The molecule has 1 atom stereocenters. The van der Waals surface area contributed by atoms with E-state index in [1.54, 1.807) is 17.6 Å². The zero-order chi connectivity index (χ0) is 11.9. The Morgan fingerprint density at radius 3 is 2.94 bits per heavy atom. The first-order valence-electron chi connectivity index (χ1n) is 5.78. The van der Waals surface area contributed by atoms with Gasteiger partial charge in [0.05, 0.1) is 10.0 Å². The smallest absolute Gasteiger partial charge is 0.243 e.